The van der Waals surface area contributed by atoms with Gasteiger partial charge in [-0.1, -0.05) is 6.07 Å². The molecule has 0 radical (unpaired) electrons. The van der Waals surface area contributed by atoms with E-state index < -0.39 is 11.9 Å². The number of rotatable bonds is 6. The van der Waals surface area contributed by atoms with Crippen LogP contribution in [0.4, 0.5) is 11.5 Å². The highest BCUT2D eigenvalue weighted by molar-refractivity contribution is 6.15. The number of nitrogens with one attached hydrogen (secondary N) is 2. The van der Waals surface area contributed by atoms with E-state index in [0.717, 1.165) is 5.56 Å². The summed E-state index contributed by atoms with van der Waals surface area (Å²) in [6.07, 6.45) is 3.85. The number of aromatic nitrogens is 1. The Morgan fingerprint density at radius 3 is 2.31 bits per heavy atom. The number of nitrogens with zero attached hydrogens (tertiary/aromatic N) is 2. The van der Waals surface area contributed by atoms with Crippen LogP contribution in [0, 0.1) is 18.8 Å². The standard InChI is InChI=1S/C26H28N4O6/c1-14-4-11-20(27-13-14)28-24(32)22-21(18-12-17(26(34)35)9-10-19(18)36-22)29-23(31)15-5-7-16(8-6-15)25(33)30(2)3/h4,9-13,15-16H,5-8H2,1-3H3,(H,29,31)(H,34,35)(H,27,28,32). The highest BCUT2D eigenvalue weighted by atomic mass is 16.4. The molecule has 188 valence electrons. The van der Waals surface area contributed by atoms with Gasteiger partial charge in [-0.3, -0.25) is 14.4 Å². The molecule has 0 spiro atoms. The second-order valence-corrected chi connectivity index (χ2v) is 9.27. The number of carboxylic acids is 1. The SMILES string of the molecule is Cc1ccc(NC(=O)c2oc3ccc(C(=O)O)cc3c2NC(=O)C2CCC(C(=O)N(C)C)CC2)nc1. The van der Waals surface area contributed by atoms with Crippen molar-refractivity contribution in [1.29, 1.82) is 0 Å². The first-order valence-electron chi connectivity index (χ1n) is 11.7. The van der Waals surface area contributed by atoms with Gasteiger partial charge in [-0.15, -0.1) is 0 Å². The van der Waals surface area contributed by atoms with E-state index >= 15 is 0 Å². The van der Waals surface area contributed by atoms with Crippen LogP contribution in [0.1, 0.15) is 52.2 Å². The number of pyridine rings is 1. The number of carbonyl (C=O) groups excluding carboxylic acids is 3. The van der Waals surface area contributed by atoms with Gasteiger partial charge in [0, 0.05) is 37.5 Å². The second-order valence-electron chi connectivity index (χ2n) is 9.27. The lowest BCUT2D eigenvalue weighted by Crippen LogP contribution is -2.35. The van der Waals surface area contributed by atoms with Crippen LogP contribution < -0.4 is 10.6 Å². The molecule has 0 bridgehead atoms. The smallest absolute Gasteiger partial charge is 0.335 e. The van der Waals surface area contributed by atoms with Gasteiger partial charge in [-0.05, 0) is 62.4 Å². The summed E-state index contributed by atoms with van der Waals surface area (Å²) in [5.74, 6) is -2.34. The number of furan rings is 1. The first kappa shape index (κ1) is 24.9. The number of anilines is 2. The number of fused-ring (bicyclic) bond motifs is 1. The van der Waals surface area contributed by atoms with Gasteiger partial charge in [0.25, 0.3) is 5.91 Å². The lowest BCUT2D eigenvalue weighted by molar-refractivity contribution is -0.135. The number of amides is 3. The van der Waals surface area contributed by atoms with Crippen LogP contribution in [0.5, 0.6) is 0 Å². The van der Waals surface area contributed by atoms with Gasteiger partial charge >= 0.3 is 5.97 Å². The molecule has 1 aliphatic rings. The summed E-state index contributed by atoms with van der Waals surface area (Å²) >= 11 is 0. The fraction of sp³-hybridized carbons (Fsp3) is 0.346. The highest BCUT2D eigenvalue weighted by Crippen LogP contribution is 2.35. The minimum Gasteiger partial charge on any atom is -0.478 e. The molecule has 0 atom stereocenters. The van der Waals surface area contributed by atoms with E-state index in [1.165, 1.54) is 18.2 Å². The van der Waals surface area contributed by atoms with Gasteiger partial charge < -0.3 is 25.1 Å². The molecule has 36 heavy (non-hydrogen) atoms. The number of carboxylic acid groups (broad SMARTS) is 1. The molecule has 2 aromatic heterocycles. The molecule has 3 amide bonds. The summed E-state index contributed by atoms with van der Waals surface area (Å²) in [7, 11) is 3.43. The number of aromatic carboxylic acids is 1. The number of hydrogen-bond donors (Lipinski definition) is 3. The molecule has 0 saturated heterocycles. The van der Waals surface area contributed by atoms with Crippen LogP contribution in [-0.2, 0) is 9.59 Å². The van der Waals surface area contributed by atoms with Crippen molar-refractivity contribution in [2.24, 2.45) is 11.8 Å². The third kappa shape index (κ3) is 5.22. The maximum atomic E-state index is 13.2. The number of aryl methyl sites for hydroxylation is 1. The third-order valence-electron chi connectivity index (χ3n) is 6.43. The molecular weight excluding hydrogens is 464 g/mol. The fourth-order valence-electron chi connectivity index (χ4n) is 4.42. The van der Waals surface area contributed by atoms with Crippen LogP contribution in [0.2, 0.25) is 0 Å². The molecule has 10 nitrogen and oxygen atoms in total. The fourth-order valence-corrected chi connectivity index (χ4v) is 4.42. The lowest BCUT2D eigenvalue weighted by atomic mass is 9.81. The monoisotopic (exact) mass is 492 g/mol. The third-order valence-corrected chi connectivity index (χ3v) is 6.43. The van der Waals surface area contributed by atoms with Crippen LogP contribution in [0.25, 0.3) is 11.0 Å². The first-order valence-corrected chi connectivity index (χ1v) is 11.7. The van der Waals surface area contributed by atoms with E-state index in [9.17, 15) is 24.3 Å². The summed E-state index contributed by atoms with van der Waals surface area (Å²) in [5, 5.41) is 15.2. The van der Waals surface area contributed by atoms with E-state index in [0.29, 0.717) is 36.9 Å². The normalized spacial score (nSPS) is 17.4. The second kappa shape index (κ2) is 10.2. The van der Waals surface area contributed by atoms with Gasteiger partial charge in [-0.25, -0.2) is 9.78 Å². The Kier molecular flexibility index (Phi) is 7.05. The molecule has 1 saturated carbocycles. The Labute approximate surface area is 207 Å². The van der Waals surface area contributed by atoms with E-state index in [2.05, 4.69) is 15.6 Å². The maximum Gasteiger partial charge on any atom is 0.335 e. The first-order chi connectivity index (χ1) is 17.1. The number of benzene rings is 1. The molecule has 0 aliphatic heterocycles. The van der Waals surface area contributed by atoms with Gasteiger partial charge in [0.15, 0.2) is 0 Å². The summed E-state index contributed by atoms with van der Waals surface area (Å²) < 4.78 is 5.76. The van der Waals surface area contributed by atoms with Gasteiger partial charge in [0.05, 0.1) is 5.56 Å². The topological polar surface area (TPSA) is 142 Å². The lowest BCUT2D eigenvalue weighted by Gasteiger charge is -2.28. The predicted octanol–water partition coefficient (Wildman–Crippen LogP) is 3.92. The summed E-state index contributed by atoms with van der Waals surface area (Å²) in [4.78, 5) is 55.8. The molecule has 2 heterocycles. The quantitative estimate of drug-likeness (QED) is 0.473. The van der Waals surface area contributed by atoms with E-state index in [1.54, 1.807) is 37.3 Å². The largest absolute Gasteiger partial charge is 0.478 e. The van der Waals surface area contributed by atoms with Crippen molar-refractivity contribution in [1.82, 2.24) is 9.88 Å². The van der Waals surface area contributed by atoms with Crippen molar-refractivity contribution in [2.45, 2.75) is 32.6 Å². The van der Waals surface area contributed by atoms with Gasteiger partial charge in [0.1, 0.15) is 17.1 Å². The average Bonchev–Trinajstić information content (AvgIpc) is 3.22. The molecule has 1 fully saturated rings. The molecular formula is C26H28N4O6. The molecule has 0 unspecified atom stereocenters. The Morgan fingerprint density at radius 2 is 1.69 bits per heavy atom. The van der Waals surface area contributed by atoms with E-state index in [1.807, 2.05) is 6.92 Å². The van der Waals surface area contributed by atoms with Crippen LogP contribution >= 0.6 is 0 Å². The molecule has 4 rings (SSSR count). The van der Waals surface area contributed by atoms with E-state index in [-0.39, 0.29) is 46.2 Å². The molecule has 1 aromatic carbocycles. The summed E-state index contributed by atoms with van der Waals surface area (Å²) in [6.45, 7) is 1.87. The van der Waals surface area contributed by atoms with Crippen molar-refractivity contribution in [2.75, 3.05) is 24.7 Å². The highest BCUT2D eigenvalue weighted by Gasteiger charge is 2.32. The van der Waals surface area contributed by atoms with Crippen molar-refractivity contribution >= 4 is 46.2 Å². The Morgan fingerprint density at radius 1 is 1.00 bits per heavy atom. The Balaban J connectivity index is 1.60. The Bertz CT molecular complexity index is 1320. The zero-order chi connectivity index (χ0) is 26.0. The summed E-state index contributed by atoms with van der Waals surface area (Å²) in [6, 6.07) is 7.62. The van der Waals surface area contributed by atoms with Crippen molar-refractivity contribution < 1.29 is 28.7 Å². The molecule has 3 aromatic rings. The van der Waals surface area contributed by atoms with Crippen molar-refractivity contribution in [3.05, 3.63) is 53.4 Å². The predicted molar refractivity (Wildman–Crippen MR) is 133 cm³/mol. The number of carbonyl (C=O) groups is 4. The summed E-state index contributed by atoms with van der Waals surface area (Å²) in [5.41, 5.74) is 1.29. The average molecular weight is 493 g/mol. The maximum absolute atomic E-state index is 13.2. The minimum atomic E-state index is -1.14. The number of hydrogen-bond acceptors (Lipinski definition) is 6. The van der Waals surface area contributed by atoms with E-state index in [4.69, 9.17) is 4.42 Å². The zero-order valence-corrected chi connectivity index (χ0v) is 20.3. The van der Waals surface area contributed by atoms with Crippen LogP contribution in [-0.4, -0.2) is 52.8 Å². The molecule has 3 N–H and O–H groups in total. The van der Waals surface area contributed by atoms with Crippen LogP contribution in [0.15, 0.2) is 40.9 Å². The van der Waals surface area contributed by atoms with Gasteiger partial charge in [-0.2, -0.15) is 0 Å². The van der Waals surface area contributed by atoms with Crippen molar-refractivity contribution in [3.8, 4) is 0 Å². The van der Waals surface area contributed by atoms with Crippen molar-refractivity contribution in [3.63, 3.8) is 0 Å². The minimum absolute atomic E-state index is 0.00587. The van der Waals surface area contributed by atoms with Gasteiger partial charge in [0.2, 0.25) is 17.6 Å². The zero-order valence-electron chi connectivity index (χ0n) is 20.3. The molecule has 1 aliphatic carbocycles. The Hall–Kier alpha value is -4.21. The van der Waals surface area contributed by atoms with Crippen LogP contribution in [0.3, 0.4) is 0 Å². The molecule has 10 heteroatoms.